The molecule has 132 valence electrons. The van der Waals surface area contributed by atoms with E-state index in [4.69, 9.17) is 9.26 Å². The van der Waals surface area contributed by atoms with Gasteiger partial charge in [0.2, 0.25) is 5.76 Å². The van der Waals surface area contributed by atoms with Crippen LogP contribution in [0.25, 0.3) is 0 Å². The van der Waals surface area contributed by atoms with Gasteiger partial charge in [0.05, 0.1) is 12.8 Å². The molecule has 0 fully saturated rings. The first-order chi connectivity index (χ1) is 12.3. The first kappa shape index (κ1) is 16.2. The van der Waals surface area contributed by atoms with E-state index < -0.39 is 0 Å². The summed E-state index contributed by atoms with van der Waals surface area (Å²) in [4.78, 5) is 12.7. The second kappa shape index (κ2) is 6.90. The van der Waals surface area contributed by atoms with Crippen molar-refractivity contribution in [3.63, 3.8) is 0 Å². The number of aromatic nitrogens is 1. The van der Waals surface area contributed by atoms with Crippen molar-refractivity contribution in [2.45, 2.75) is 57.4 Å². The van der Waals surface area contributed by atoms with Crippen LogP contribution in [0.3, 0.4) is 0 Å². The number of ether oxygens (including phenoxy) is 1. The molecule has 0 spiro atoms. The van der Waals surface area contributed by atoms with Gasteiger partial charge in [-0.25, -0.2) is 0 Å². The van der Waals surface area contributed by atoms with Crippen LogP contribution < -0.4 is 10.1 Å². The number of carbonyl (C=O) groups is 1. The summed E-state index contributed by atoms with van der Waals surface area (Å²) in [5.74, 6) is 1.26. The summed E-state index contributed by atoms with van der Waals surface area (Å²) in [6.07, 6.45) is 7.85. The molecular formula is C20H24N2O3. The van der Waals surface area contributed by atoms with Crippen LogP contribution in [0.4, 0.5) is 0 Å². The van der Waals surface area contributed by atoms with Crippen molar-refractivity contribution in [1.29, 1.82) is 0 Å². The molecule has 0 radical (unpaired) electrons. The fourth-order valence-corrected chi connectivity index (χ4v) is 4.11. The van der Waals surface area contributed by atoms with Crippen molar-refractivity contribution in [1.82, 2.24) is 10.5 Å². The van der Waals surface area contributed by atoms with E-state index in [1.165, 1.54) is 11.1 Å². The van der Waals surface area contributed by atoms with Gasteiger partial charge < -0.3 is 14.6 Å². The number of nitrogens with one attached hydrogen (secondary N) is 1. The smallest absolute Gasteiger partial charge is 0.290 e. The maximum absolute atomic E-state index is 12.7. The largest absolute Gasteiger partial charge is 0.496 e. The highest BCUT2D eigenvalue weighted by molar-refractivity contribution is 5.93. The maximum atomic E-state index is 12.7. The highest BCUT2D eigenvalue weighted by atomic mass is 16.5. The van der Waals surface area contributed by atoms with Crippen LogP contribution in [-0.2, 0) is 25.7 Å². The first-order valence-corrected chi connectivity index (χ1v) is 9.19. The van der Waals surface area contributed by atoms with E-state index in [0.29, 0.717) is 5.76 Å². The highest BCUT2D eigenvalue weighted by Gasteiger charge is 2.27. The van der Waals surface area contributed by atoms with Crippen LogP contribution in [0.1, 0.15) is 58.6 Å². The van der Waals surface area contributed by atoms with Gasteiger partial charge in [-0.3, -0.25) is 4.79 Å². The van der Waals surface area contributed by atoms with Crippen LogP contribution in [0.15, 0.2) is 22.7 Å². The van der Waals surface area contributed by atoms with Crippen molar-refractivity contribution in [2.75, 3.05) is 7.11 Å². The molecule has 0 saturated carbocycles. The van der Waals surface area contributed by atoms with Crippen molar-refractivity contribution in [3.05, 3.63) is 46.3 Å². The van der Waals surface area contributed by atoms with Gasteiger partial charge in [-0.2, -0.15) is 0 Å². The van der Waals surface area contributed by atoms with E-state index >= 15 is 0 Å². The van der Waals surface area contributed by atoms with E-state index in [9.17, 15) is 4.79 Å². The Morgan fingerprint density at radius 2 is 2.04 bits per heavy atom. The lowest BCUT2D eigenvalue weighted by Gasteiger charge is -2.17. The number of amides is 1. The number of benzene rings is 1. The van der Waals surface area contributed by atoms with Crippen molar-refractivity contribution >= 4 is 5.91 Å². The van der Waals surface area contributed by atoms with E-state index in [0.717, 1.165) is 68.4 Å². The Labute approximate surface area is 147 Å². The summed E-state index contributed by atoms with van der Waals surface area (Å²) in [6.45, 7) is 0. The van der Waals surface area contributed by atoms with Crippen molar-refractivity contribution in [2.24, 2.45) is 0 Å². The second-order valence-corrected chi connectivity index (χ2v) is 7.01. The number of fused-ring (bicyclic) bond motifs is 2. The first-order valence-electron chi connectivity index (χ1n) is 9.19. The third-order valence-electron chi connectivity index (χ3n) is 5.40. The lowest BCUT2D eigenvalue weighted by atomic mass is 9.95. The molecule has 0 aliphatic heterocycles. The fraction of sp³-hybridized carbons (Fsp3) is 0.500. The summed E-state index contributed by atoms with van der Waals surface area (Å²) in [7, 11) is 1.72. The molecule has 5 nitrogen and oxygen atoms in total. The second-order valence-electron chi connectivity index (χ2n) is 7.01. The molecule has 1 atom stereocenters. The zero-order valence-corrected chi connectivity index (χ0v) is 14.6. The molecule has 1 N–H and O–H groups in total. The Kier molecular flexibility index (Phi) is 4.47. The molecule has 1 unspecified atom stereocenters. The van der Waals surface area contributed by atoms with Crippen molar-refractivity contribution < 1.29 is 14.1 Å². The maximum Gasteiger partial charge on any atom is 0.290 e. The predicted octanol–water partition coefficient (Wildman–Crippen LogP) is 3.24. The summed E-state index contributed by atoms with van der Waals surface area (Å²) < 4.78 is 10.9. The Bertz CT molecular complexity index is 781. The van der Waals surface area contributed by atoms with E-state index in [1.807, 2.05) is 12.1 Å². The Balaban J connectivity index is 1.51. The lowest BCUT2D eigenvalue weighted by molar-refractivity contribution is 0.0896. The highest BCUT2D eigenvalue weighted by Crippen LogP contribution is 2.29. The molecule has 1 aromatic carbocycles. The van der Waals surface area contributed by atoms with E-state index in [2.05, 4.69) is 16.5 Å². The molecule has 0 bridgehead atoms. The Morgan fingerprint density at radius 1 is 1.20 bits per heavy atom. The Hall–Kier alpha value is -2.30. The molecule has 2 aromatic rings. The molecule has 25 heavy (non-hydrogen) atoms. The number of hydrogen-bond acceptors (Lipinski definition) is 4. The fourth-order valence-electron chi connectivity index (χ4n) is 4.11. The standard InChI is InChI=1S/C20H24N2O3/c1-24-18-11-4-6-13-12-14(7-5-9-15(13)18)21-20(23)19-16-8-2-3-10-17(16)22-25-19/h4,6,11,14H,2-3,5,7-10,12H2,1H3,(H,21,23). The van der Waals surface area contributed by atoms with Gasteiger partial charge in [-0.15, -0.1) is 0 Å². The summed E-state index contributed by atoms with van der Waals surface area (Å²) in [5.41, 5.74) is 4.52. The number of hydrogen-bond donors (Lipinski definition) is 1. The topological polar surface area (TPSA) is 64.4 Å². The third kappa shape index (κ3) is 3.15. The van der Waals surface area contributed by atoms with Gasteiger partial charge in [0.25, 0.3) is 5.91 Å². The summed E-state index contributed by atoms with van der Waals surface area (Å²) in [6, 6.07) is 6.29. The third-order valence-corrected chi connectivity index (χ3v) is 5.40. The molecule has 1 heterocycles. The lowest BCUT2D eigenvalue weighted by Crippen LogP contribution is -2.36. The molecule has 2 aliphatic carbocycles. The molecule has 1 aromatic heterocycles. The normalized spacial score (nSPS) is 19.5. The van der Waals surface area contributed by atoms with Gasteiger partial charge in [0.1, 0.15) is 5.75 Å². The number of nitrogens with zero attached hydrogens (tertiary/aromatic N) is 1. The number of carbonyl (C=O) groups excluding carboxylic acids is 1. The molecular weight excluding hydrogens is 316 g/mol. The molecule has 1 amide bonds. The average molecular weight is 340 g/mol. The van der Waals surface area contributed by atoms with Gasteiger partial charge in [-0.1, -0.05) is 17.3 Å². The number of aryl methyl sites for hydroxylation is 1. The van der Waals surface area contributed by atoms with Crippen LogP contribution in [0.2, 0.25) is 0 Å². The van der Waals surface area contributed by atoms with Crippen LogP contribution in [0.5, 0.6) is 5.75 Å². The van der Waals surface area contributed by atoms with E-state index in [1.54, 1.807) is 7.11 Å². The van der Waals surface area contributed by atoms with Gasteiger partial charge in [-0.05, 0) is 68.6 Å². The summed E-state index contributed by atoms with van der Waals surface area (Å²) >= 11 is 0. The quantitative estimate of drug-likeness (QED) is 0.871. The summed E-state index contributed by atoms with van der Waals surface area (Å²) in [5, 5.41) is 7.27. The minimum Gasteiger partial charge on any atom is -0.496 e. The zero-order valence-electron chi connectivity index (χ0n) is 14.6. The molecule has 4 rings (SSSR count). The zero-order chi connectivity index (χ0) is 17.2. The van der Waals surface area contributed by atoms with Crippen LogP contribution in [-0.4, -0.2) is 24.2 Å². The molecule has 2 aliphatic rings. The predicted molar refractivity (Wildman–Crippen MR) is 94.0 cm³/mol. The minimum absolute atomic E-state index is 0.116. The number of methoxy groups -OCH3 is 1. The Morgan fingerprint density at radius 3 is 2.92 bits per heavy atom. The van der Waals surface area contributed by atoms with E-state index in [-0.39, 0.29) is 11.9 Å². The SMILES string of the molecule is COc1cccc2c1CCCC(NC(=O)c1onc3c1CCCC3)C2. The van der Waals surface area contributed by atoms with Gasteiger partial charge in [0.15, 0.2) is 0 Å². The monoisotopic (exact) mass is 340 g/mol. The molecule has 0 saturated heterocycles. The van der Waals surface area contributed by atoms with Gasteiger partial charge in [0, 0.05) is 11.6 Å². The number of rotatable bonds is 3. The van der Waals surface area contributed by atoms with Crippen LogP contribution >= 0.6 is 0 Å². The molecule has 5 heteroatoms. The minimum atomic E-state index is -0.119. The van der Waals surface area contributed by atoms with Crippen LogP contribution in [0, 0.1) is 0 Å². The average Bonchev–Trinajstić information content (AvgIpc) is 2.96. The van der Waals surface area contributed by atoms with Crippen molar-refractivity contribution in [3.8, 4) is 5.75 Å². The van der Waals surface area contributed by atoms with Gasteiger partial charge >= 0.3 is 0 Å².